The van der Waals surface area contributed by atoms with E-state index in [2.05, 4.69) is 4.98 Å². The fourth-order valence-corrected chi connectivity index (χ4v) is 11.4. The van der Waals surface area contributed by atoms with Gasteiger partial charge in [-0.2, -0.15) is 13.2 Å². The van der Waals surface area contributed by atoms with Crippen molar-refractivity contribution in [3.8, 4) is 11.5 Å². The number of carbonyl (C=O) groups excluding carboxylic acids is 2. The van der Waals surface area contributed by atoms with Crippen LogP contribution in [-0.4, -0.2) is 29.2 Å². The van der Waals surface area contributed by atoms with Crippen molar-refractivity contribution >= 4 is 52.2 Å². The minimum absolute atomic E-state index is 0.122. The summed E-state index contributed by atoms with van der Waals surface area (Å²) in [4.78, 5) is 44.9. The average Bonchev–Trinajstić information content (AvgIpc) is 3.78. The van der Waals surface area contributed by atoms with Crippen LogP contribution < -0.4 is 19.2 Å². The Bertz CT molecular complexity index is 2000. The summed E-state index contributed by atoms with van der Waals surface area (Å²) < 4.78 is 53.8. The van der Waals surface area contributed by atoms with Gasteiger partial charge >= 0.3 is 11.0 Å². The number of ether oxygens (including phenoxy) is 2. The number of hydrogen-bond donors (Lipinski definition) is 1. The third-order valence-electron chi connectivity index (χ3n) is 10.0. The Balaban J connectivity index is 1.16. The van der Waals surface area contributed by atoms with Gasteiger partial charge in [-0.15, -0.1) is 11.8 Å². The van der Waals surface area contributed by atoms with Gasteiger partial charge in [0.15, 0.2) is 11.5 Å². The number of para-hydroxylation sites is 1. The maximum atomic E-state index is 14.0. The molecule has 0 spiro atoms. The molecule has 0 radical (unpaired) electrons. The van der Waals surface area contributed by atoms with Gasteiger partial charge in [0.05, 0.1) is 35.2 Å². The number of anilines is 1. The van der Waals surface area contributed by atoms with Crippen molar-refractivity contribution in [2.75, 3.05) is 12.0 Å². The highest BCUT2D eigenvalue weighted by Gasteiger charge is 2.70. The summed E-state index contributed by atoms with van der Waals surface area (Å²) in [5, 5.41) is 1.21. The lowest BCUT2D eigenvalue weighted by molar-refractivity contribution is -0.137. The number of amides is 2. The number of aromatic amines is 1. The van der Waals surface area contributed by atoms with Crippen LogP contribution in [0.5, 0.6) is 11.5 Å². The fourth-order valence-electron chi connectivity index (χ4n) is 8.32. The topological polar surface area (TPSA) is 88.7 Å². The number of nitrogens with one attached hydrogen (secondary N) is 1. The Morgan fingerprint density at radius 1 is 0.957 bits per heavy atom. The zero-order chi connectivity index (χ0) is 32.8. The number of fused-ring (bicyclic) bond motifs is 9. The number of thiazole rings is 1. The molecule has 2 saturated carbocycles. The molecule has 2 aliphatic carbocycles. The Morgan fingerprint density at radius 2 is 1.72 bits per heavy atom. The van der Waals surface area contributed by atoms with Crippen molar-refractivity contribution in [1.29, 1.82) is 0 Å². The summed E-state index contributed by atoms with van der Waals surface area (Å²) in [7, 11) is 1.54. The predicted octanol–water partition coefficient (Wildman–Crippen LogP) is 7.37. The SMILES string of the molecule is COc1cc([C@H]2c3sc(=O)[nH]c3SC3C4CC(C5C(=O)N(c6ccccc6C(F)(F)F)C(=O)C45)C32)ccc1OCc1cccc(Cl)c1. The molecule has 4 aromatic rings. The van der Waals surface area contributed by atoms with Crippen LogP contribution >= 0.6 is 34.7 Å². The first-order valence-electron chi connectivity index (χ1n) is 15.0. The van der Waals surface area contributed by atoms with E-state index in [4.69, 9.17) is 21.1 Å². The van der Waals surface area contributed by atoms with Crippen LogP contribution in [0, 0.1) is 29.6 Å². The molecule has 7 atom stereocenters. The molecule has 242 valence electrons. The smallest absolute Gasteiger partial charge is 0.418 e. The molecule has 4 aliphatic rings. The van der Waals surface area contributed by atoms with Crippen molar-refractivity contribution in [3.05, 3.63) is 103 Å². The molecule has 13 heteroatoms. The molecule has 3 heterocycles. The zero-order valence-corrected chi connectivity index (χ0v) is 27.0. The lowest BCUT2D eigenvalue weighted by atomic mass is 9.68. The Labute approximate surface area is 280 Å². The number of nitrogens with zero attached hydrogens (tertiary/aromatic N) is 1. The first kappa shape index (κ1) is 30.6. The molecule has 3 fully saturated rings. The van der Waals surface area contributed by atoms with E-state index in [1.165, 1.54) is 30.0 Å². The van der Waals surface area contributed by atoms with Crippen LogP contribution in [0.25, 0.3) is 0 Å². The minimum Gasteiger partial charge on any atom is -0.493 e. The van der Waals surface area contributed by atoms with Crippen molar-refractivity contribution < 1.29 is 32.2 Å². The standard InChI is InChI=1S/C34H26ClF3N2O5S2/c1-44-23-12-16(9-10-22(23)45-14-15-5-4-6-17(35)11-15)24-25-18-13-19(28(25)46-30-29(24)47-33(43)39-30)27-26(18)31(41)40(32(27)42)21-8-3-2-7-20(21)34(36,37)38/h2-12,18-19,24-28H,13-14H2,1H3,(H,39,43)/t18?,19?,24-,25?,26?,27?,28?/m1/s1. The Kier molecular flexibility index (Phi) is 7.27. The van der Waals surface area contributed by atoms with Gasteiger partial charge in [0.25, 0.3) is 0 Å². The maximum absolute atomic E-state index is 14.0. The van der Waals surface area contributed by atoms with Gasteiger partial charge in [-0.05, 0) is 71.7 Å². The molecular formula is C34H26ClF3N2O5S2. The molecule has 2 aliphatic heterocycles. The number of hydrogen-bond acceptors (Lipinski definition) is 7. The van der Waals surface area contributed by atoms with Crippen molar-refractivity contribution in [2.24, 2.45) is 29.6 Å². The lowest BCUT2D eigenvalue weighted by Crippen LogP contribution is -2.42. The zero-order valence-electron chi connectivity index (χ0n) is 24.6. The number of aromatic nitrogens is 1. The predicted molar refractivity (Wildman–Crippen MR) is 171 cm³/mol. The first-order chi connectivity index (χ1) is 22.5. The number of imide groups is 1. The first-order valence-corrected chi connectivity index (χ1v) is 17.1. The van der Waals surface area contributed by atoms with Crippen LogP contribution in [0.1, 0.15) is 33.9 Å². The van der Waals surface area contributed by atoms with Crippen LogP contribution in [0.4, 0.5) is 18.9 Å². The summed E-state index contributed by atoms with van der Waals surface area (Å²) in [5.74, 6) is -2.54. The van der Waals surface area contributed by atoms with E-state index in [1.54, 1.807) is 13.2 Å². The van der Waals surface area contributed by atoms with Crippen LogP contribution in [-0.2, 0) is 22.4 Å². The second-order valence-corrected chi connectivity index (χ2v) is 15.0. The van der Waals surface area contributed by atoms with Crippen molar-refractivity contribution in [2.45, 2.75) is 35.4 Å². The molecular weight excluding hydrogens is 673 g/mol. The third kappa shape index (κ3) is 4.82. The number of H-pyrrole nitrogens is 1. The second-order valence-electron chi connectivity index (χ2n) is 12.3. The number of methoxy groups -OCH3 is 1. The minimum atomic E-state index is -4.73. The summed E-state index contributed by atoms with van der Waals surface area (Å²) in [6.07, 6.45) is -4.12. The summed E-state index contributed by atoms with van der Waals surface area (Å²) in [6.45, 7) is 0.265. The monoisotopic (exact) mass is 698 g/mol. The van der Waals surface area contributed by atoms with Gasteiger partial charge in [-0.25, -0.2) is 4.90 Å². The largest absolute Gasteiger partial charge is 0.493 e. The van der Waals surface area contributed by atoms with Gasteiger partial charge in [0, 0.05) is 21.1 Å². The van der Waals surface area contributed by atoms with E-state index < -0.39 is 41.1 Å². The maximum Gasteiger partial charge on any atom is 0.418 e. The van der Waals surface area contributed by atoms with E-state index in [0.29, 0.717) is 22.9 Å². The number of rotatable bonds is 6. The molecule has 2 bridgehead atoms. The molecule has 2 amide bonds. The number of halogens is 4. The van der Waals surface area contributed by atoms with E-state index in [-0.39, 0.29) is 40.4 Å². The summed E-state index contributed by atoms with van der Waals surface area (Å²) in [5.41, 5.74) is 0.321. The van der Waals surface area contributed by atoms with Gasteiger partial charge in [-0.1, -0.05) is 53.3 Å². The molecule has 1 N–H and O–H groups in total. The highest BCUT2D eigenvalue weighted by Crippen LogP contribution is 2.69. The number of benzene rings is 3. The molecule has 1 saturated heterocycles. The van der Waals surface area contributed by atoms with Gasteiger partial charge in [0.2, 0.25) is 11.8 Å². The Morgan fingerprint density at radius 3 is 2.47 bits per heavy atom. The van der Waals surface area contributed by atoms with E-state index in [0.717, 1.165) is 43.3 Å². The Hall–Kier alpha value is -3.74. The van der Waals surface area contributed by atoms with Crippen LogP contribution in [0.2, 0.25) is 5.02 Å². The van der Waals surface area contributed by atoms with E-state index in [9.17, 15) is 27.6 Å². The van der Waals surface area contributed by atoms with Crippen molar-refractivity contribution in [3.63, 3.8) is 0 Å². The van der Waals surface area contributed by atoms with Crippen LogP contribution in [0.3, 0.4) is 0 Å². The van der Waals surface area contributed by atoms with Crippen molar-refractivity contribution in [1.82, 2.24) is 4.98 Å². The molecule has 47 heavy (non-hydrogen) atoms. The highest BCUT2D eigenvalue weighted by atomic mass is 35.5. The summed E-state index contributed by atoms with van der Waals surface area (Å²) >= 11 is 8.76. The van der Waals surface area contributed by atoms with E-state index in [1.807, 2.05) is 36.4 Å². The molecule has 1 aromatic heterocycles. The number of alkyl halides is 3. The molecule has 6 unspecified atom stereocenters. The third-order valence-corrected chi connectivity index (χ3v) is 12.8. The van der Waals surface area contributed by atoms with E-state index >= 15 is 0 Å². The number of thioether (sulfide) groups is 1. The normalized spacial score (nSPS) is 27.5. The quantitative estimate of drug-likeness (QED) is 0.212. The molecule has 3 aromatic carbocycles. The molecule has 8 rings (SSSR count). The average molecular weight is 699 g/mol. The van der Waals surface area contributed by atoms with Gasteiger partial charge in [-0.3, -0.25) is 14.4 Å². The summed E-state index contributed by atoms with van der Waals surface area (Å²) in [6, 6.07) is 17.7. The lowest BCUT2D eigenvalue weighted by Gasteiger charge is -2.43. The van der Waals surface area contributed by atoms with Crippen LogP contribution in [0.15, 0.2) is 76.6 Å². The van der Waals surface area contributed by atoms with Gasteiger partial charge in [0.1, 0.15) is 6.61 Å². The second kappa shape index (κ2) is 11.2. The molecule has 7 nitrogen and oxygen atoms in total. The van der Waals surface area contributed by atoms with Gasteiger partial charge < -0.3 is 14.5 Å². The highest BCUT2D eigenvalue weighted by molar-refractivity contribution is 8.00. The fraction of sp³-hybridized carbons (Fsp3) is 0.324. The number of carbonyl (C=O) groups is 2.